The number of rotatable bonds is 6. The van der Waals surface area contributed by atoms with Crippen LogP contribution in [-0.4, -0.2) is 76.5 Å². The molecule has 3 spiro atoms. The topological polar surface area (TPSA) is 157 Å². The number of ether oxygens (including phenoxy) is 6. The molecule has 0 aromatic carbocycles. The highest BCUT2D eigenvalue weighted by molar-refractivity contribution is 6.01. The fourth-order valence-electron chi connectivity index (χ4n) is 12.2. The number of fused-ring (bicyclic) bond motifs is 4. The Hall–Kier alpha value is -2.80. The lowest BCUT2D eigenvalue weighted by Gasteiger charge is -2.68. The molecule has 8 rings (SSSR count). The van der Waals surface area contributed by atoms with Gasteiger partial charge < -0.3 is 37.9 Å². The van der Waals surface area contributed by atoms with Crippen LogP contribution in [0.3, 0.4) is 0 Å². The molecule has 5 bridgehead atoms. The minimum atomic E-state index is -2.04. The molecule has 1 aromatic rings. The van der Waals surface area contributed by atoms with Crippen molar-refractivity contribution in [2.24, 2.45) is 34.0 Å². The van der Waals surface area contributed by atoms with Crippen molar-refractivity contribution in [1.82, 2.24) is 0 Å². The van der Waals surface area contributed by atoms with Crippen LogP contribution in [0.25, 0.3) is 0 Å². The number of carbonyl (C=O) groups excluding carboxylic acids is 4. The second kappa shape index (κ2) is 8.61. The summed E-state index contributed by atoms with van der Waals surface area (Å²) < 4.78 is 44.2. The monoisotopic (exact) mass is 642 g/mol. The molecule has 1 aromatic heterocycles. The summed E-state index contributed by atoms with van der Waals surface area (Å²) in [7, 11) is 1.33. The molecule has 3 aliphatic heterocycles. The number of hydrogen-bond acceptors (Lipinski definition) is 12. The summed E-state index contributed by atoms with van der Waals surface area (Å²) in [6, 6.07) is 1.60. The molecule has 12 unspecified atom stereocenters. The maximum atomic E-state index is 14.4. The van der Waals surface area contributed by atoms with Gasteiger partial charge >= 0.3 is 17.9 Å². The van der Waals surface area contributed by atoms with Gasteiger partial charge in [0.2, 0.25) is 0 Å². The number of carbonyl (C=O) groups is 4. The summed E-state index contributed by atoms with van der Waals surface area (Å²) in [6.45, 7) is 10.9. The van der Waals surface area contributed by atoms with Crippen LogP contribution < -0.4 is 0 Å². The van der Waals surface area contributed by atoms with Crippen molar-refractivity contribution >= 4 is 23.7 Å². The zero-order valence-electron chi connectivity index (χ0n) is 27.3. The average molecular weight is 643 g/mol. The number of hydrogen-bond donors (Lipinski definition) is 1. The molecule has 12 nitrogen and oxygen atoms in total. The van der Waals surface area contributed by atoms with Crippen molar-refractivity contribution < 1.29 is 57.1 Å². The Balaban J connectivity index is 1.44. The van der Waals surface area contributed by atoms with Gasteiger partial charge in [-0.2, -0.15) is 0 Å². The molecule has 0 amide bonds. The van der Waals surface area contributed by atoms with Crippen molar-refractivity contribution in [3.63, 3.8) is 0 Å². The smallest absolute Gasteiger partial charge is 0.308 e. The van der Waals surface area contributed by atoms with E-state index in [-0.39, 0.29) is 31.5 Å². The van der Waals surface area contributed by atoms with Gasteiger partial charge in [-0.05, 0) is 31.2 Å². The Morgan fingerprint density at radius 2 is 1.80 bits per heavy atom. The van der Waals surface area contributed by atoms with Crippen LogP contribution >= 0.6 is 0 Å². The van der Waals surface area contributed by atoms with E-state index in [9.17, 15) is 24.3 Å². The molecule has 12 heteroatoms. The van der Waals surface area contributed by atoms with E-state index in [0.29, 0.717) is 18.4 Å². The molecule has 4 aliphatic carbocycles. The first-order valence-electron chi connectivity index (χ1n) is 16.3. The Bertz CT molecular complexity index is 1570. The van der Waals surface area contributed by atoms with E-state index >= 15 is 0 Å². The van der Waals surface area contributed by atoms with Crippen LogP contribution in [0.2, 0.25) is 0 Å². The van der Waals surface area contributed by atoms with Crippen LogP contribution in [0.15, 0.2) is 23.0 Å². The minimum absolute atomic E-state index is 0.0668. The fraction of sp³-hybridized carbons (Fsp3) is 0.765. The predicted molar refractivity (Wildman–Crippen MR) is 153 cm³/mol. The van der Waals surface area contributed by atoms with Gasteiger partial charge in [0.05, 0.1) is 36.9 Å². The van der Waals surface area contributed by atoms with Crippen molar-refractivity contribution in [2.75, 3.05) is 7.11 Å². The molecule has 4 saturated carbocycles. The van der Waals surface area contributed by atoms with Gasteiger partial charge in [-0.15, -0.1) is 0 Å². The highest BCUT2D eigenvalue weighted by atomic mass is 16.9. The molecule has 3 saturated heterocycles. The minimum Gasteiger partial charge on any atom is -0.472 e. The van der Waals surface area contributed by atoms with E-state index in [1.807, 2.05) is 20.8 Å². The standard InChI is InChI=1S/C34H42O12/c1-17(2)24(38)43-25-28(4)15-31-16-32(25,39)26-34-20(13-22(36)42-26)27(3,23(37)18-8-11-41-14-18)9-10-33(34,45-30(6,44-31)46-34)29(31,5)19(28)12-21(35)40-7/h8,11,14,17,19-20,25-26,39H,9-10,12-13,15-16H2,1-7H3. The van der Waals surface area contributed by atoms with Gasteiger partial charge in [-0.1, -0.05) is 34.6 Å². The van der Waals surface area contributed by atoms with Crippen molar-refractivity contribution in [3.8, 4) is 0 Å². The lowest BCUT2D eigenvalue weighted by molar-refractivity contribution is -0.448. The summed E-state index contributed by atoms with van der Waals surface area (Å²) in [6.07, 6.45) is 0.794. The molecule has 4 heterocycles. The molecule has 250 valence electrons. The number of Topliss-reactive ketones (excluding diaryl/α,β-unsaturated/α-hetero) is 1. The number of ketones is 1. The highest BCUT2D eigenvalue weighted by Crippen LogP contribution is 2.86. The van der Waals surface area contributed by atoms with Gasteiger partial charge in [0.25, 0.3) is 5.97 Å². The Labute approximate surface area is 266 Å². The third-order valence-electron chi connectivity index (χ3n) is 13.6. The maximum Gasteiger partial charge on any atom is 0.308 e. The average Bonchev–Trinajstić information content (AvgIpc) is 3.63. The van der Waals surface area contributed by atoms with Crippen LogP contribution in [0.4, 0.5) is 0 Å². The zero-order chi connectivity index (χ0) is 33.1. The third-order valence-corrected chi connectivity index (χ3v) is 13.6. The summed E-state index contributed by atoms with van der Waals surface area (Å²) in [4.78, 5) is 54.9. The van der Waals surface area contributed by atoms with E-state index in [4.69, 9.17) is 32.8 Å². The van der Waals surface area contributed by atoms with Crippen LogP contribution in [0.1, 0.15) is 90.4 Å². The molecule has 7 aliphatic rings. The van der Waals surface area contributed by atoms with Gasteiger partial charge in [-0.3, -0.25) is 19.2 Å². The molecule has 1 N–H and O–H groups in total. The van der Waals surface area contributed by atoms with E-state index in [0.717, 1.165) is 0 Å². The van der Waals surface area contributed by atoms with Gasteiger partial charge in [0.1, 0.15) is 29.2 Å². The quantitative estimate of drug-likeness (QED) is 0.274. The van der Waals surface area contributed by atoms with Crippen molar-refractivity contribution in [1.29, 1.82) is 0 Å². The number of aliphatic hydroxyl groups is 1. The molecular weight excluding hydrogens is 600 g/mol. The zero-order valence-corrected chi connectivity index (χ0v) is 27.3. The number of methoxy groups -OCH3 is 1. The predicted octanol–water partition coefficient (Wildman–Crippen LogP) is 3.47. The van der Waals surface area contributed by atoms with Gasteiger partial charge in [-0.25, -0.2) is 0 Å². The second-order valence-electron chi connectivity index (χ2n) is 16.0. The van der Waals surface area contributed by atoms with Gasteiger partial charge in [0.15, 0.2) is 11.9 Å². The first-order chi connectivity index (χ1) is 21.4. The SMILES string of the molecule is COC(=O)CC1C2(C)CC34CC(O)(C2OC(=O)C(C)C)C2OC(=O)CC5C(C)(C(=O)c6ccoc6)CCC6(OC(C)(O3)OC526)C14C. The van der Waals surface area contributed by atoms with E-state index in [1.54, 1.807) is 26.8 Å². The van der Waals surface area contributed by atoms with E-state index < -0.39 is 92.5 Å². The van der Waals surface area contributed by atoms with Gasteiger partial charge in [0, 0.05) is 41.9 Å². The molecular formula is C34H42O12. The number of esters is 3. The molecule has 46 heavy (non-hydrogen) atoms. The second-order valence-corrected chi connectivity index (χ2v) is 16.0. The van der Waals surface area contributed by atoms with Crippen LogP contribution in [0.5, 0.6) is 0 Å². The molecule has 7 fully saturated rings. The normalized spacial score (nSPS) is 52.2. The Morgan fingerprint density at radius 1 is 1.07 bits per heavy atom. The largest absolute Gasteiger partial charge is 0.472 e. The van der Waals surface area contributed by atoms with Crippen molar-refractivity contribution in [2.45, 2.75) is 121 Å². The molecule has 0 radical (unpaired) electrons. The van der Waals surface area contributed by atoms with E-state index in [1.165, 1.54) is 19.6 Å². The number of furan rings is 1. The fourth-order valence-corrected chi connectivity index (χ4v) is 12.2. The molecule has 12 atom stereocenters. The third kappa shape index (κ3) is 3.03. The first kappa shape index (κ1) is 30.5. The lowest BCUT2D eigenvalue weighted by atomic mass is 9.41. The highest BCUT2D eigenvalue weighted by Gasteiger charge is 2.98. The van der Waals surface area contributed by atoms with Crippen molar-refractivity contribution in [3.05, 3.63) is 24.2 Å². The van der Waals surface area contributed by atoms with E-state index in [2.05, 4.69) is 0 Å². The summed E-state index contributed by atoms with van der Waals surface area (Å²) in [5.74, 6) is -5.43. The maximum absolute atomic E-state index is 14.4. The Kier molecular flexibility index (Phi) is 5.72. The summed E-state index contributed by atoms with van der Waals surface area (Å²) >= 11 is 0. The lowest BCUT2D eigenvalue weighted by Crippen LogP contribution is -2.82. The summed E-state index contributed by atoms with van der Waals surface area (Å²) in [5.41, 5.74) is -9.04. The Morgan fingerprint density at radius 3 is 2.46 bits per heavy atom. The first-order valence-corrected chi connectivity index (χ1v) is 16.3. The summed E-state index contributed by atoms with van der Waals surface area (Å²) in [5, 5.41) is 13.3. The van der Waals surface area contributed by atoms with Crippen LogP contribution in [-0.2, 0) is 42.8 Å². The van der Waals surface area contributed by atoms with Crippen LogP contribution in [0, 0.1) is 34.0 Å².